The van der Waals surface area contributed by atoms with Gasteiger partial charge in [-0.05, 0) is 61.9 Å². The molecule has 0 aliphatic heterocycles. The average molecular weight is 323 g/mol. The molecule has 4 heteroatoms. The third-order valence-electron chi connectivity index (χ3n) is 4.42. The number of aryl methyl sites for hydroxylation is 1. The molecule has 4 nitrogen and oxygen atoms in total. The lowest BCUT2D eigenvalue weighted by molar-refractivity contribution is 0.0131. The van der Waals surface area contributed by atoms with Gasteiger partial charge >= 0.3 is 0 Å². The summed E-state index contributed by atoms with van der Waals surface area (Å²) in [6, 6.07) is 5.76. The summed E-state index contributed by atoms with van der Waals surface area (Å²) in [6.07, 6.45) is 5.03. The number of methoxy groups -OCH3 is 1. The highest BCUT2D eigenvalue weighted by Gasteiger charge is 2.25. The number of hydrogen-bond donors (Lipinski definition) is 3. The Balaban J connectivity index is 2.89. The maximum atomic E-state index is 10.8. The number of rotatable bonds is 11. The van der Waals surface area contributed by atoms with E-state index < -0.39 is 11.7 Å². The van der Waals surface area contributed by atoms with Crippen molar-refractivity contribution in [1.29, 1.82) is 0 Å². The van der Waals surface area contributed by atoms with Gasteiger partial charge in [0.2, 0.25) is 0 Å². The molecule has 23 heavy (non-hydrogen) atoms. The standard InChI is InChI=1S/C19H33NO3/c1-4-10-19(22,11-5-2)12-8-16-14-15(17(21)9-13-20)6-7-18(16)23-3/h6-7,14,17,21-22H,4-5,8-13,20H2,1-3H3. The second-order valence-corrected chi connectivity index (χ2v) is 6.39. The van der Waals surface area contributed by atoms with E-state index in [1.54, 1.807) is 7.11 Å². The Kier molecular flexibility index (Phi) is 8.59. The fourth-order valence-electron chi connectivity index (χ4n) is 3.20. The van der Waals surface area contributed by atoms with Crippen LogP contribution in [0.1, 0.15) is 69.6 Å². The van der Waals surface area contributed by atoms with Gasteiger partial charge in [-0.2, -0.15) is 0 Å². The van der Waals surface area contributed by atoms with Crippen molar-refractivity contribution in [2.24, 2.45) is 5.73 Å². The van der Waals surface area contributed by atoms with Crippen LogP contribution in [0, 0.1) is 0 Å². The van der Waals surface area contributed by atoms with Crippen molar-refractivity contribution in [3.05, 3.63) is 29.3 Å². The number of aliphatic hydroxyl groups excluding tert-OH is 1. The Morgan fingerprint density at radius 2 is 1.83 bits per heavy atom. The maximum Gasteiger partial charge on any atom is 0.122 e. The highest BCUT2D eigenvalue weighted by atomic mass is 16.5. The Hall–Kier alpha value is -1.10. The molecule has 0 bridgehead atoms. The quantitative estimate of drug-likeness (QED) is 0.584. The predicted octanol–water partition coefficient (Wildman–Crippen LogP) is 3.34. The van der Waals surface area contributed by atoms with Crippen LogP contribution in [0.3, 0.4) is 0 Å². The highest BCUT2D eigenvalue weighted by molar-refractivity contribution is 5.38. The van der Waals surface area contributed by atoms with Crippen LogP contribution in [-0.4, -0.2) is 29.5 Å². The fraction of sp³-hybridized carbons (Fsp3) is 0.684. The summed E-state index contributed by atoms with van der Waals surface area (Å²) in [5, 5.41) is 20.9. The molecule has 0 saturated carbocycles. The third-order valence-corrected chi connectivity index (χ3v) is 4.42. The van der Waals surface area contributed by atoms with Gasteiger partial charge in [0.05, 0.1) is 18.8 Å². The molecule has 1 aromatic rings. The molecule has 0 aliphatic rings. The highest BCUT2D eigenvalue weighted by Crippen LogP contribution is 2.30. The summed E-state index contributed by atoms with van der Waals surface area (Å²) < 4.78 is 5.44. The van der Waals surface area contributed by atoms with E-state index in [2.05, 4.69) is 13.8 Å². The number of ether oxygens (including phenoxy) is 1. The molecule has 1 atom stereocenters. The molecule has 0 radical (unpaired) electrons. The second kappa shape index (κ2) is 9.91. The molecule has 0 saturated heterocycles. The van der Waals surface area contributed by atoms with E-state index in [1.165, 1.54) is 0 Å². The Morgan fingerprint density at radius 1 is 1.17 bits per heavy atom. The number of hydrogen-bond acceptors (Lipinski definition) is 4. The van der Waals surface area contributed by atoms with E-state index in [4.69, 9.17) is 10.5 Å². The first-order valence-electron chi connectivity index (χ1n) is 8.77. The van der Waals surface area contributed by atoms with Gasteiger partial charge in [-0.15, -0.1) is 0 Å². The fourth-order valence-corrected chi connectivity index (χ4v) is 3.20. The normalized spacial score (nSPS) is 13.1. The summed E-state index contributed by atoms with van der Waals surface area (Å²) in [5.41, 5.74) is 6.81. The van der Waals surface area contributed by atoms with E-state index in [1.807, 2.05) is 18.2 Å². The van der Waals surface area contributed by atoms with E-state index >= 15 is 0 Å². The van der Waals surface area contributed by atoms with Gasteiger partial charge in [-0.25, -0.2) is 0 Å². The molecule has 4 N–H and O–H groups in total. The molecule has 0 aliphatic carbocycles. The van der Waals surface area contributed by atoms with E-state index in [0.29, 0.717) is 19.4 Å². The molecule has 0 fully saturated rings. The minimum atomic E-state index is -0.611. The van der Waals surface area contributed by atoms with Gasteiger partial charge in [0.25, 0.3) is 0 Å². The summed E-state index contributed by atoms with van der Waals surface area (Å²) in [4.78, 5) is 0. The van der Waals surface area contributed by atoms with Gasteiger partial charge < -0.3 is 20.7 Å². The monoisotopic (exact) mass is 323 g/mol. The van der Waals surface area contributed by atoms with Crippen LogP contribution in [0.5, 0.6) is 5.75 Å². The van der Waals surface area contributed by atoms with Crippen molar-refractivity contribution >= 4 is 0 Å². The third kappa shape index (κ3) is 6.13. The van der Waals surface area contributed by atoms with Gasteiger partial charge in [0.1, 0.15) is 5.75 Å². The molecular formula is C19H33NO3. The molecule has 0 amide bonds. The van der Waals surface area contributed by atoms with Gasteiger partial charge in [0, 0.05) is 0 Å². The minimum absolute atomic E-state index is 0.454. The smallest absolute Gasteiger partial charge is 0.122 e. The van der Waals surface area contributed by atoms with E-state index in [-0.39, 0.29) is 0 Å². The van der Waals surface area contributed by atoms with Gasteiger partial charge in [-0.1, -0.05) is 32.8 Å². The number of nitrogens with two attached hydrogens (primary N) is 1. The van der Waals surface area contributed by atoms with Crippen molar-refractivity contribution in [3.8, 4) is 5.75 Å². The zero-order valence-electron chi connectivity index (χ0n) is 14.8. The van der Waals surface area contributed by atoms with Gasteiger partial charge in [-0.3, -0.25) is 0 Å². The van der Waals surface area contributed by atoms with Crippen LogP contribution in [0.4, 0.5) is 0 Å². The first kappa shape index (κ1) is 19.9. The number of benzene rings is 1. The van der Waals surface area contributed by atoms with Crippen LogP contribution in [0.15, 0.2) is 18.2 Å². The Morgan fingerprint density at radius 3 is 2.35 bits per heavy atom. The summed E-state index contributed by atoms with van der Waals surface area (Å²) in [7, 11) is 1.65. The van der Waals surface area contributed by atoms with Crippen molar-refractivity contribution in [3.63, 3.8) is 0 Å². The van der Waals surface area contributed by atoms with Crippen molar-refractivity contribution in [1.82, 2.24) is 0 Å². The van der Waals surface area contributed by atoms with Crippen LogP contribution in [0.2, 0.25) is 0 Å². The Labute approximate surface area is 140 Å². The lowest BCUT2D eigenvalue weighted by Gasteiger charge is -2.28. The predicted molar refractivity (Wildman–Crippen MR) is 94.7 cm³/mol. The molecule has 1 unspecified atom stereocenters. The van der Waals surface area contributed by atoms with Crippen LogP contribution in [-0.2, 0) is 6.42 Å². The van der Waals surface area contributed by atoms with E-state index in [9.17, 15) is 10.2 Å². The first-order valence-corrected chi connectivity index (χ1v) is 8.77. The van der Waals surface area contributed by atoms with E-state index in [0.717, 1.165) is 49.0 Å². The molecule has 1 rings (SSSR count). The summed E-state index contributed by atoms with van der Waals surface area (Å²) >= 11 is 0. The second-order valence-electron chi connectivity index (χ2n) is 6.39. The average Bonchev–Trinajstić information content (AvgIpc) is 2.53. The first-order chi connectivity index (χ1) is 11.0. The van der Waals surface area contributed by atoms with Crippen molar-refractivity contribution < 1.29 is 14.9 Å². The molecule has 1 aromatic carbocycles. The molecule has 0 heterocycles. The van der Waals surface area contributed by atoms with Crippen LogP contribution in [0.25, 0.3) is 0 Å². The molecule has 132 valence electrons. The van der Waals surface area contributed by atoms with Gasteiger partial charge in [0.15, 0.2) is 0 Å². The van der Waals surface area contributed by atoms with Crippen LogP contribution < -0.4 is 10.5 Å². The minimum Gasteiger partial charge on any atom is -0.496 e. The molecule has 0 spiro atoms. The summed E-state index contributed by atoms with van der Waals surface area (Å²) in [6.45, 7) is 4.66. The lowest BCUT2D eigenvalue weighted by Crippen LogP contribution is -2.29. The zero-order chi connectivity index (χ0) is 17.3. The topological polar surface area (TPSA) is 75.7 Å². The Bertz CT molecular complexity index is 456. The zero-order valence-corrected chi connectivity index (χ0v) is 14.8. The van der Waals surface area contributed by atoms with Crippen LogP contribution >= 0.6 is 0 Å². The molecular weight excluding hydrogens is 290 g/mol. The van der Waals surface area contributed by atoms with Crippen molar-refractivity contribution in [2.75, 3.05) is 13.7 Å². The largest absolute Gasteiger partial charge is 0.496 e. The maximum absolute atomic E-state index is 10.8. The SMILES string of the molecule is CCCC(O)(CCC)CCc1cc(C(O)CCN)ccc1OC. The number of aliphatic hydroxyl groups is 2. The molecule has 0 aromatic heterocycles. The summed E-state index contributed by atoms with van der Waals surface area (Å²) in [5.74, 6) is 0.809. The van der Waals surface area contributed by atoms with Crippen molar-refractivity contribution in [2.45, 2.75) is 70.5 Å². The lowest BCUT2D eigenvalue weighted by atomic mass is 9.86.